The first-order valence-electron chi connectivity index (χ1n) is 4.36. The van der Waals surface area contributed by atoms with Gasteiger partial charge in [-0.2, -0.15) is 0 Å². The van der Waals surface area contributed by atoms with E-state index in [1.165, 1.54) is 0 Å². The van der Waals surface area contributed by atoms with Gasteiger partial charge in [0, 0.05) is 10.9 Å². The lowest BCUT2D eigenvalue weighted by Gasteiger charge is -2.05. The molecule has 3 heteroatoms. The molecule has 13 heavy (non-hydrogen) atoms. The zero-order chi connectivity index (χ0) is 9.68. The number of nitrogens with two attached hydrogens (primary N) is 1. The highest BCUT2D eigenvalue weighted by Crippen LogP contribution is 2.27. The van der Waals surface area contributed by atoms with E-state index in [0.717, 1.165) is 17.1 Å². The van der Waals surface area contributed by atoms with E-state index < -0.39 is 0 Å². The zero-order valence-corrected chi connectivity index (χ0v) is 8.55. The van der Waals surface area contributed by atoms with Crippen molar-refractivity contribution in [1.82, 2.24) is 0 Å². The van der Waals surface area contributed by atoms with Crippen LogP contribution in [-0.2, 0) is 0 Å². The number of phenols is 1. The van der Waals surface area contributed by atoms with E-state index in [9.17, 15) is 5.11 Å². The number of hydrogen-bond acceptors (Lipinski definition) is 3. The molecule has 1 rings (SSSR count). The summed E-state index contributed by atoms with van der Waals surface area (Å²) in [6.45, 7) is 1.99. The summed E-state index contributed by atoms with van der Waals surface area (Å²) in [4.78, 5) is 0.933. The number of aromatic hydroxyl groups is 1. The molecule has 1 aromatic carbocycles. The average molecular weight is 197 g/mol. The van der Waals surface area contributed by atoms with Crippen molar-refractivity contribution in [1.29, 1.82) is 0 Å². The number of thioether (sulfide) groups is 1. The molecule has 0 saturated heterocycles. The van der Waals surface area contributed by atoms with Crippen LogP contribution >= 0.6 is 11.8 Å². The van der Waals surface area contributed by atoms with E-state index in [4.69, 9.17) is 5.73 Å². The van der Waals surface area contributed by atoms with Crippen LogP contribution in [0, 0.1) is 0 Å². The second kappa shape index (κ2) is 5.14. The van der Waals surface area contributed by atoms with E-state index >= 15 is 0 Å². The first-order chi connectivity index (χ1) is 6.20. The fourth-order valence-corrected chi connectivity index (χ4v) is 2.03. The maximum Gasteiger partial charge on any atom is 0.129 e. The largest absolute Gasteiger partial charge is 0.507 e. The second-order valence-electron chi connectivity index (χ2n) is 3.08. The summed E-state index contributed by atoms with van der Waals surface area (Å²) in [5.41, 5.74) is 5.62. The van der Waals surface area contributed by atoms with Gasteiger partial charge in [0.2, 0.25) is 0 Å². The van der Waals surface area contributed by atoms with Gasteiger partial charge >= 0.3 is 0 Å². The van der Waals surface area contributed by atoms with Crippen molar-refractivity contribution in [3.8, 4) is 5.75 Å². The van der Waals surface area contributed by atoms with Crippen molar-refractivity contribution in [3.05, 3.63) is 24.3 Å². The summed E-state index contributed by atoms with van der Waals surface area (Å²) in [6, 6.07) is 7.60. The van der Waals surface area contributed by atoms with Crippen LogP contribution < -0.4 is 5.73 Å². The Morgan fingerprint density at radius 3 is 2.77 bits per heavy atom. The van der Waals surface area contributed by atoms with Gasteiger partial charge < -0.3 is 10.8 Å². The molecule has 1 unspecified atom stereocenters. The molecule has 0 spiro atoms. The molecule has 0 saturated carbocycles. The van der Waals surface area contributed by atoms with Crippen LogP contribution in [0.25, 0.3) is 0 Å². The Labute approximate surface area is 83.1 Å². The minimum atomic E-state index is 0.235. The van der Waals surface area contributed by atoms with Crippen LogP contribution in [0.5, 0.6) is 5.75 Å². The highest BCUT2D eigenvalue weighted by molar-refractivity contribution is 7.99. The number of phenolic OH excluding ortho intramolecular Hbond substituents is 1. The molecule has 1 atom stereocenters. The molecule has 2 nitrogen and oxygen atoms in total. The van der Waals surface area contributed by atoms with Crippen LogP contribution in [0.3, 0.4) is 0 Å². The zero-order valence-electron chi connectivity index (χ0n) is 7.73. The quantitative estimate of drug-likeness (QED) is 0.727. The van der Waals surface area contributed by atoms with Crippen molar-refractivity contribution in [2.24, 2.45) is 5.73 Å². The normalized spacial score (nSPS) is 12.8. The molecule has 0 radical (unpaired) electrons. The predicted octanol–water partition coefficient (Wildman–Crippen LogP) is 2.22. The molecular weight excluding hydrogens is 182 g/mol. The second-order valence-corrected chi connectivity index (χ2v) is 4.22. The van der Waals surface area contributed by atoms with Crippen molar-refractivity contribution >= 4 is 11.8 Å². The molecule has 0 amide bonds. The minimum Gasteiger partial charge on any atom is -0.507 e. The third-order valence-electron chi connectivity index (χ3n) is 1.70. The Morgan fingerprint density at radius 2 is 2.15 bits per heavy atom. The summed E-state index contributed by atoms with van der Waals surface area (Å²) in [5, 5.41) is 9.42. The van der Waals surface area contributed by atoms with Gasteiger partial charge in [0.1, 0.15) is 5.75 Å². The topological polar surface area (TPSA) is 46.2 Å². The maximum atomic E-state index is 9.42. The van der Waals surface area contributed by atoms with E-state index in [1.54, 1.807) is 17.8 Å². The molecule has 72 valence electrons. The van der Waals surface area contributed by atoms with Crippen molar-refractivity contribution < 1.29 is 5.11 Å². The number of para-hydroxylation sites is 1. The van der Waals surface area contributed by atoms with Crippen LogP contribution in [0.2, 0.25) is 0 Å². The SMILES string of the molecule is CC(N)CCSc1ccccc1O. The van der Waals surface area contributed by atoms with Crippen molar-refractivity contribution in [2.75, 3.05) is 5.75 Å². The molecule has 0 aromatic heterocycles. The third kappa shape index (κ3) is 3.70. The van der Waals surface area contributed by atoms with Crippen molar-refractivity contribution in [2.45, 2.75) is 24.3 Å². The molecule has 0 heterocycles. The highest BCUT2D eigenvalue weighted by atomic mass is 32.2. The Morgan fingerprint density at radius 1 is 1.46 bits per heavy atom. The van der Waals surface area contributed by atoms with Crippen LogP contribution in [-0.4, -0.2) is 16.9 Å². The van der Waals surface area contributed by atoms with Crippen LogP contribution in [0.15, 0.2) is 29.2 Å². The molecule has 0 fully saturated rings. The molecular formula is C10H15NOS. The monoisotopic (exact) mass is 197 g/mol. The first-order valence-corrected chi connectivity index (χ1v) is 5.35. The highest BCUT2D eigenvalue weighted by Gasteiger charge is 2.00. The average Bonchev–Trinajstić information content (AvgIpc) is 2.08. The standard InChI is InChI=1S/C10H15NOS/c1-8(11)6-7-13-10-5-3-2-4-9(10)12/h2-5,8,12H,6-7,11H2,1H3. The fraction of sp³-hybridized carbons (Fsp3) is 0.400. The van der Waals surface area contributed by atoms with Crippen molar-refractivity contribution in [3.63, 3.8) is 0 Å². The Balaban J connectivity index is 2.41. The van der Waals surface area contributed by atoms with Gasteiger partial charge in [-0.1, -0.05) is 12.1 Å². The van der Waals surface area contributed by atoms with Gasteiger partial charge in [-0.25, -0.2) is 0 Å². The van der Waals surface area contributed by atoms with Gasteiger partial charge in [-0.05, 0) is 31.2 Å². The van der Waals surface area contributed by atoms with Gasteiger partial charge in [0.05, 0.1) is 0 Å². The summed E-state index contributed by atoms with van der Waals surface area (Å²) < 4.78 is 0. The lowest BCUT2D eigenvalue weighted by atomic mass is 10.3. The van der Waals surface area contributed by atoms with Gasteiger partial charge in [-0.3, -0.25) is 0 Å². The summed E-state index contributed by atoms with van der Waals surface area (Å²) in [6.07, 6.45) is 0.971. The summed E-state index contributed by atoms with van der Waals surface area (Å²) in [7, 11) is 0. The minimum absolute atomic E-state index is 0.235. The van der Waals surface area contributed by atoms with Gasteiger partial charge in [0.25, 0.3) is 0 Å². The predicted molar refractivity (Wildman–Crippen MR) is 57.1 cm³/mol. The van der Waals surface area contributed by atoms with Crippen LogP contribution in [0.1, 0.15) is 13.3 Å². The Kier molecular flexibility index (Phi) is 4.12. The molecule has 0 aliphatic heterocycles. The van der Waals surface area contributed by atoms with E-state index in [-0.39, 0.29) is 6.04 Å². The molecule has 1 aromatic rings. The lowest BCUT2D eigenvalue weighted by Crippen LogP contribution is -2.15. The number of rotatable bonds is 4. The fourth-order valence-electron chi connectivity index (χ4n) is 0.934. The van der Waals surface area contributed by atoms with E-state index in [2.05, 4.69) is 0 Å². The molecule has 0 aliphatic rings. The molecule has 3 N–H and O–H groups in total. The molecule has 0 aliphatic carbocycles. The van der Waals surface area contributed by atoms with Gasteiger partial charge in [-0.15, -0.1) is 11.8 Å². The summed E-state index contributed by atoms with van der Waals surface area (Å²) >= 11 is 1.65. The number of hydrogen-bond donors (Lipinski definition) is 2. The van der Waals surface area contributed by atoms with E-state index in [1.807, 2.05) is 25.1 Å². The smallest absolute Gasteiger partial charge is 0.129 e. The lowest BCUT2D eigenvalue weighted by molar-refractivity contribution is 0.462. The van der Waals surface area contributed by atoms with E-state index in [0.29, 0.717) is 5.75 Å². The first kappa shape index (κ1) is 10.4. The Bertz CT molecular complexity index is 263. The van der Waals surface area contributed by atoms with Crippen LogP contribution in [0.4, 0.5) is 0 Å². The third-order valence-corrected chi connectivity index (χ3v) is 2.79. The summed E-state index contributed by atoms with van der Waals surface area (Å²) in [5.74, 6) is 1.31. The maximum absolute atomic E-state index is 9.42. The number of benzene rings is 1. The Hall–Kier alpha value is -0.670. The van der Waals surface area contributed by atoms with Gasteiger partial charge in [0.15, 0.2) is 0 Å². The molecule has 0 bridgehead atoms.